The first kappa shape index (κ1) is 18.6. The average Bonchev–Trinajstić information content (AvgIpc) is 2.58. The molecule has 0 bridgehead atoms. The number of ether oxygens (including phenoxy) is 3. The molecule has 0 amide bonds. The molecular formula is C18H18BrClO4. The molecule has 2 aromatic carbocycles. The zero-order valence-corrected chi connectivity index (χ0v) is 15.6. The Morgan fingerprint density at radius 1 is 1.08 bits per heavy atom. The summed E-state index contributed by atoms with van der Waals surface area (Å²) in [5.74, 6) is 1.91. The molecule has 0 aliphatic heterocycles. The highest BCUT2D eigenvalue weighted by Crippen LogP contribution is 2.36. The van der Waals surface area contributed by atoms with Crippen LogP contribution >= 0.6 is 27.5 Å². The molecule has 0 aliphatic rings. The van der Waals surface area contributed by atoms with E-state index in [1.54, 1.807) is 24.3 Å². The number of hydrogen-bond donors (Lipinski definition) is 0. The quantitative estimate of drug-likeness (QED) is 0.421. The van der Waals surface area contributed by atoms with Gasteiger partial charge in [-0.15, -0.1) is 0 Å². The van der Waals surface area contributed by atoms with Crippen molar-refractivity contribution < 1.29 is 19.0 Å². The van der Waals surface area contributed by atoms with E-state index in [1.807, 2.05) is 19.1 Å². The summed E-state index contributed by atoms with van der Waals surface area (Å²) in [5, 5.41) is 0.678. The standard InChI is InChI=1S/C18H18BrClO4/c1-2-22-17-11-13(12-21)10-16(19)18(17)24-9-3-8-23-15-6-4-14(20)5-7-15/h4-7,10-12H,2-3,8-9H2,1H3. The molecule has 2 rings (SSSR count). The van der Waals surface area contributed by atoms with Gasteiger partial charge >= 0.3 is 0 Å². The van der Waals surface area contributed by atoms with E-state index in [1.165, 1.54) is 0 Å². The molecule has 0 spiro atoms. The van der Waals surface area contributed by atoms with Gasteiger partial charge in [0, 0.05) is 17.0 Å². The van der Waals surface area contributed by atoms with E-state index in [0.29, 0.717) is 52.8 Å². The summed E-state index contributed by atoms with van der Waals surface area (Å²) >= 11 is 9.24. The van der Waals surface area contributed by atoms with Gasteiger partial charge in [0.1, 0.15) is 12.0 Å². The van der Waals surface area contributed by atoms with Crippen molar-refractivity contribution in [1.29, 1.82) is 0 Å². The molecule has 24 heavy (non-hydrogen) atoms. The number of hydrogen-bond acceptors (Lipinski definition) is 4. The SMILES string of the molecule is CCOc1cc(C=O)cc(Br)c1OCCCOc1ccc(Cl)cc1. The van der Waals surface area contributed by atoms with Gasteiger partial charge in [0.15, 0.2) is 11.5 Å². The third-order valence-corrected chi connectivity index (χ3v) is 3.93. The van der Waals surface area contributed by atoms with Crippen LogP contribution in [-0.2, 0) is 0 Å². The predicted molar refractivity (Wildman–Crippen MR) is 97.8 cm³/mol. The fourth-order valence-electron chi connectivity index (χ4n) is 2.01. The normalized spacial score (nSPS) is 10.3. The summed E-state index contributed by atoms with van der Waals surface area (Å²) in [6.45, 7) is 3.36. The first-order chi connectivity index (χ1) is 11.6. The summed E-state index contributed by atoms with van der Waals surface area (Å²) in [7, 11) is 0. The van der Waals surface area contributed by atoms with E-state index in [9.17, 15) is 4.79 Å². The molecule has 0 aliphatic carbocycles. The Morgan fingerprint density at radius 2 is 1.79 bits per heavy atom. The Hall–Kier alpha value is -1.72. The van der Waals surface area contributed by atoms with Crippen molar-refractivity contribution in [2.75, 3.05) is 19.8 Å². The minimum Gasteiger partial charge on any atom is -0.493 e. The van der Waals surface area contributed by atoms with Crippen LogP contribution in [0.15, 0.2) is 40.9 Å². The van der Waals surface area contributed by atoms with Crippen LogP contribution in [0, 0.1) is 0 Å². The monoisotopic (exact) mass is 412 g/mol. The largest absolute Gasteiger partial charge is 0.493 e. The van der Waals surface area contributed by atoms with Crippen LogP contribution in [0.4, 0.5) is 0 Å². The summed E-state index contributed by atoms with van der Waals surface area (Å²) in [6.07, 6.45) is 1.48. The number of carbonyl (C=O) groups excluding carboxylic acids is 1. The van der Waals surface area contributed by atoms with Gasteiger partial charge in [-0.2, -0.15) is 0 Å². The molecule has 128 valence electrons. The molecule has 2 aromatic rings. The average molecular weight is 414 g/mol. The van der Waals surface area contributed by atoms with E-state index in [2.05, 4.69) is 15.9 Å². The van der Waals surface area contributed by atoms with Crippen molar-refractivity contribution >= 4 is 33.8 Å². The fourth-order valence-corrected chi connectivity index (χ4v) is 2.71. The first-order valence-corrected chi connectivity index (χ1v) is 8.73. The van der Waals surface area contributed by atoms with E-state index in [4.69, 9.17) is 25.8 Å². The maximum absolute atomic E-state index is 10.9. The first-order valence-electron chi connectivity index (χ1n) is 7.56. The topological polar surface area (TPSA) is 44.8 Å². The molecular weight excluding hydrogens is 396 g/mol. The summed E-state index contributed by atoms with van der Waals surface area (Å²) < 4.78 is 17.6. The minimum absolute atomic E-state index is 0.465. The van der Waals surface area contributed by atoms with Crippen LogP contribution in [0.25, 0.3) is 0 Å². The molecule has 6 heteroatoms. The molecule has 0 saturated carbocycles. The van der Waals surface area contributed by atoms with Gasteiger partial charge in [-0.3, -0.25) is 4.79 Å². The molecule has 0 unspecified atom stereocenters. The fraction of sp³-hybridized carbons (Fsp3) is 0.278. The highest BCUT2D eigenvalue weighted by atomic mass is 79.9. The van der Waals surface area contributed by atoms with Crippen molar-refractivity contribution in [3.63, 3.8) is 0 Å². The molecule has 0 fully saturated rings. The van der Waals surface area contributed by atoms with Crippen molar-refractivity contribution in [1.82, 2.24) is 0 Å². The van der Waals surface area contributed by atoms with Crippen molar-refractivity contribution in [2.24, 2.45) is 0 Å². The lowest BCUT2D eigenvalue weighted by Crippen LogP contribution is -2.07. The van der Waals surface area contributed by atoms with Crippen LogP contribution in [-0.4, -0.2) is 26.1 Å². The highest BCUT2D eigenvalue weighted by Gasteiger charge is 2.12. The highest BCUT2D eigenvalue weighted by molar-refractivity contribution is 9.10. The number of aldehydes is 1. The Morgan fingerprint density at radius 3 is 2.46 bits per heavy atom. The molecule has 0 radical (unpaired) electrons. The number of carbonyl (C=O) groups is 1. The smallest absolute Gasteiger partial charge is 0.175 e. The number of benzene rings is 2. The lowest BCUT2D eigenvalue weighted by atomic mass is 10.2. The lowest BCUT2D eigenvalue weighted by molar-refractivity contribution is 0.112. The van der Waals surface area contributed by atoms with Gasteiger partial charge in [0.2, 0.25) is 0 Å². The van der Waals surface area contributed by atoms with Gasteiger partial charge in [-0.05, 0) is 59.3 Å². The van der Waals surface area contributed by atoms with Gasteiger partial charge in [-0.25, -0.2) is 0 Å². The minimum atomic E-state index is 0.465. The number of halogens is 2. The maximum atomic E-state index is 10.9. The van der Waals surface area contributed by atoms with Crippen molar-refractivity contribution in [3.8, 4) is 17.2 Å². The Balaban J connectivity index is 1.87. The maximum Gasteiger partial charge on any atom is 0.175 e. The van der Waals surface area contributed by atoms with Gasteiger partial charge < -0.3 is 14.2 Å². The van der Waals surface area contributed by atoms with Crippen molar-refractivity contribution in [3.05, 3.63) is 51.5 Å². The van der Waals surface area contributed by atoms with Gasteiger partial charge in [0.25, 0.3) is 0 Å². The zero-order valence-electron chi connectivity index (χ0n) is 13.3. The zero-order chi connectivity index (χ0) is 17.4. The summed E-state index contributed by atoms with van der Waals surface area (Å²) in [5.41, 5.74) is 0.531. The second kappa shape index (κ2) is 9.55. The third kappa shape index (κ3) is 5.42. The van der Waals surface area contributed by atoms with Crippen LogP contribution in [0.1, 0.15) is 23.7 Å². The Bertz CT molecular complexity index is 673. The van der Waals surface area contributed by atoms with E-state index in [-0.39, 0.29) is 0 Å². The molecule has 0 N–H and O–H groups in total. The number of rotatable bonds is 9. The van der Waals surface area contributed by atoms with Crippen LogP contribution in [0.3, 0.4) is 0 Å². The van der Waals surface area contributed by atoms with Gasteiger partial charge in [-0.1, -0.05) is 11.6 Å². The molecule has 0 heterocycles. The van der Waals surface area contributed by atoms with E-state index in [0.717, 1.165) is 12.0 Å². The Kier molecular flexibility index (Phi) is 7.40. The Labute approximate surface area is 154 Å². The van der Waals surface area contributed by atoms with Crippen LogP contribution in [0.5, 0.6) is 17.2 Å². The van der Waals surface area contributed by atoms with E-state index >= 15 is 0 Å². The molecule has 4 nitrogen and oxygen atoms in total. The second-order valence-electron chi connectivity index (χ2n) is 4.89. The molecule has 0 saturated heterocycles. The van der Waals surface area contributed by atoms with E-state index < -0.39 is 0 Å². The summed E-state index contributed by atoms with van der Waals surface area (Å²) in [4.78, 5) is 10.9. The third-order valence-electron chi connectivity index (χ3n) is 3.09. The second-order valence-corrected chi connectivity index (χ2v) is 6.18. The lowest BCUT2D eigenvalue weighted by Gasteiger charge is -2.14. The van der Waals surface area contributed by atoms with Crippen molar-refractivity contribution in [2.45, 2.75) is 13.3 Å². The van der Waals surface area contributed by atoms with Gasteiger partial charge in [0.05, 0.1) is 24.3 Å². The van der Waals surface area contributed by atoms with Crippen LogP contribution < -0.4 is 14.2 Å². The summed E-state index contributed by atoms with van der Waals surface area (Å²) in [6, 6.07) is 10.6. The molecule has 0 aromatic heterocycles. The van der Waals surface area contributed by atoms with Crippen LogP contribution in [0.2, 0.25) is 5.02 Å². The molecule has 0 atom stereocenters. The predicted octanol–water partition coefficient (Wildman–Crippen LogP) is 5.16.